The van der Waals surface area contributed by atoms with Gasteiger partial charge in [-0.25, -0.2) is 0 Å². The second-order valence-electron chi connectivity index (χ2n) is 12.1. The van der Waals surface area contributed by atoms with Crippen molar-refractivity contribution in [1.29, 1.82) is 0 Å². The molecule has 10 nitrogen and oxygen atoms in total. The van der Waals surface area contributed by atoms with Crippen molar-refractivity contribution < 1.29 is 19.2 Å². The fourth-order valence-corrected chi connectivity index (χ4v) is 8.38. The molecule has 0 radical (unpaired) electrons. The number of amides is 4. The van der Waals surface area contributed by atoms with Crippen LogP contribution in [0.3, 0.4) is 0 Å². The zero-order chi connectivity index (χ0) is 24.9. The maximum atomic E-state index is 13.6. The normalized spacial score (nSPS) is 43.3. The number of carbonyl (C=O) groups excluding carboxylic acids is 4. The van der Waals surface area contributed by atoms with Gasteiger partial charge in [0.1, 0.15) is 0 Å². The lowest BCUT2D eigenvalue weighted by atomic mass is 9.40. The van der Waals surface area contributed by atoms with Crippen molar-refractivity contribution in [1.82, 2.24) is 29.4 Å². The third-order valence-corrected chi connectivity index (χ3v) is 10.4. The molecule has 10 heteroatoms. The van der Waals surface area contributed by atoms with Crippen molar-refractivity contribution in [2.24, 2.45) is 47.3 Å². The lowest BCUT2D eigenvalue weighted by Crippen LogP contribution is -2.63. The Labute approximate surface area is 211 Å². The molecule has 8 atom stereocenters. The summed E-state index contributed by atoms with van der Waals surface area (Å²) >= 11 is 0. The quantitative estimate of drug-likeness (QED) is 0.349. The Kier molecular flexibility index (Phi) is 5.23. The van der Waals surface area contributed by atoms with Crippen molar-refractivity contribution in [3.63, 3.8) is 0 Å². The first kappa shape index (κ1) is 23.0. The van der Waals surface area contributed by atoms with E-state index in [2.05, 4.69) is 45.8 Å². The van der Waals surface area contributed by atoms with E-state index in [4.69, 9.17) is 0 Å². The lowest BCUT2D eigenvalue weighted by Gasteiger charge is -2.60. The van der Waals surface area contributed by atoms with Crippen LogP contribution in [0.5, 0.6) is 0 Å². The van der Waals surface area contributed by atoms with E-state index >= 15 is 0 Å². The number of nitrogens with zero attached hydrogens (tertiary/aromatic N) is 6. The highest BCUT2D eigenvalue weighted by molar-refractivity contribution is 6.09. The molecular weight excluding hydrogens is 460 g/mol. The number of carbonyl (C=O) groups is 4. The molecule has 0 aromatic carbocycles. The van der Waals surface area contributed by atoms with Crippen molar-refractivity contribution in [2.45, 2.75) is 0 Å². The molecule has 4 amide bonds. The molecular formula is C26H36N6O4. The highest BCUT2D eigenvalue weighted by atomic mass is 16.2. The number of imide groups is 2. The Bertz CT molecular complexity index is 975. The number of piperazine rings is 2. The highest BCUT2D eigenvalue weighted by Gasteiger charge is 2.75. The van der Waals surface area contributed by atoms with Crippen molar-refractivity contribution in [3.05, 3.63) is 12.2 Å². The van der Waals surface area contributed by atoms with Gasteiger partial charge in [0.2, 0.25) is 23.6 Å². The fraction of sp³-hybridized carbons (Fsp3) is 0.769. The van der Waals surface area contributed by atoms with E-state index in [0.29, 0.717) is 13.3 Å². The third kappa shape index (κ3) is 3.10. The molecule has 0 spiro atoms. The maximum Gasteiger partial charge on any atom is 0.234 e. The molecule has 0 N–H and O–H groups in total. The fourth-order valence-electron chi connectivity index (χ4n) is 8.38. The Morgan fingerprint density at radius 3 is 1.25 bits per heavy atom. The van der Waals surface area contributed by atoms with E-state index in [1.54, 1.807) is 0 Å². The summed E-state index contributed by atoms with van der Waals surface area (Å²) in [6.45, 7) is 7.82. The van der Waals surface area contributed by atoms with Crippen molar-refractivity contribution in [3.8, 4) is 0 Å². The summed E-state index contributed by atoms with van der Waals surface area (Å²) in [4.78, 5) is 66.1. The second-order valence-corrected chi connectivity index (χ2v) is 12.1. The van der Waals surface area contributed by atoms with E-state index in [9.17, 15) is 19.2 Å². The van der Waals surface area contributed by atoms with Crippen molar-refractivity contribution in [2.75, 3.05) is 79.8 Å². The third-order valence-electron chi connectivity index (χ3n) is 10.4. The number of hydrogen-bond acceptors (Lipinski definition) is 8. The summed E-state index contributed by atoms with van der Waals surface area (Å²) in [5, 5.41) is 0. The van der Waals surface area contributed by atoms with Crippen LogP contribution in [0.4, 0.5) is 0 Å². The summed E-state index contributed by atoms with van der Waals surface area (Å²) in [6.07, 6.45) is 4.18. The van der Waals surface area contributed by atoms with Crippen LogP contribution in [-0.2, 0) is 19.2 Å². The van der Waals surface area contributed by atoms with E-state index in [1.165, 1.54) is 9.80 Å². The Balaban J connectivity index is 1.10. The Hall–Kier alpha value is -2.14. The molecule has 36 heavy (non-hydrogen) atoms. The molecule has 6 fully saturated rings. The minimum absolute atomic E-state index is 0.000487. The summed E-state index contributed by atoms with van der Waals surface area (Å²) in [7, 11) is 4.17. The largest absolute Gasteiger partial charge is 0.304 e. The molecule has 0 aromatic heterocycles. The van der Waals surface area contributed by atoms with Gasteiger partial charge in [0.25, 0.3) is 0 Å². The molecule has 4 heterocycles. The molecule has 8 aliphatic rings. The summed E-state index contributed by atoms with van der Waals surface area (Å²) in [5.41, 5.74) is 0. The number of likely N-dealkylation sites (N-methyl/N-ethyl adjacent to an activating group) is 2. The van der Waals surface area contributed by atoms with Crippen molar-refractivity contribution >= 4 is 23.6 Å². The van der Waals surface area contributed by atoms with Gasteiger partial charge < -0.3 is 9.80 Å². The topological polar surface area (TPSA) is 87.7 Å². The van der Waals surface area contributed by atoms with Crippen LogP contribution in [0, 0.1) is 47.3 Å². The molecule has 4 saturated heterocycles. The summed E-state index contributed by atoms with van der Waals surface area (Å²) < 4.78 is 0. The Morgan fingerprint density at radius 1 is 0.556 bits per heavy atom. The molecule has 4 aliphatic carbocycles. The van der Waals surface area contributed by atoms with E-state index in [-0.39, 0.29) is 71.0 Å². The van der Waals surface area contributed by atoms with Gasteiger partial charge in [-0.3, -0.25) is 38.8 Å². The van der Waals surface area contributed by atoms with E-state index < -0.39 is 0 Å². The van der Waals surface area contributed by atoms with Crippen LogP contribution < -0.4 is 0 Å². The molecule has 4 aliphatic heterocycles. The number of likely N-dealkylation sites (tertiary alicyclic amines) is 2. The SMILES string of the molecule is CN1CCN(CN2C(=O)[C@@H]3[C@H]4C=C[C@@H]([C@@H]3C2=O)[C@H]2[C@H]3C(=O)N(CN5CCN(C)CC5)C(=O)[C@@H]3[C@H]42)CC1. The average molecular weight is 497 g/mol. The number of allylic oxidation sites excluding steroid dienone is 2. The minimum Gasteiger partial charge on any atom is -0.304 e. The van der Waals surface area contributed by atoms with Gasteiger partial charge in [-0.15, -0.1) is 0 Å². The van der Waals surface area contributed by atoms with Gasteiger partial charge >= 0.3 is 0 Å². The predicted molar refractivity (Wildman–Crippen MR) is 129 cm³/mol. The van der Waals surface area contributed by atoms with Gasteiger partial charge in [-0.2, -0.15) is 0 Å². The summed E-state index contributed by atoms with van der Waals surface area (Å²) in [5.74, 6) is -1.93. The zero-order valence-corrected chi connectivity index (χ0v) is 21.2. The zero-order valence-electron chi connectivity index (χ0n) is 21.2. The standard InChI is InChI=1S/C26H36N6O4/c1-27-5-9-29(10-6-27)13-31-23(33)19-15-3-4-16(20(19)24(31)34)18-17(15)21-22(18)26(36)32(25(21)35)14-30-11-7-28(2)8-12-30/h3-4,15-22H,5-14H2,1-2H3/t15-,16+,17-,18-,19+,20-,21-,22-/m1/s1. The van der Waals surface area contributed by atoms with Gasteiger partial charge in [-0.05, 0) is 37.8 Å². The number of fused-ring (bicyclic) bond motifs is 1. The van der Waals surface area contributed by atoms with E-state index in [1.807, 2.05) is 0 Å². The molecule has 8 rings (SSSR count). The lowest BCUT2D eigenvalue weighted by molar-refractivity contribution is -0.166. The predicted octanol–water partition coefficient (Wildman–Crippen LogP) is -1.34. The smallest absolute Gasteiger partial charge is 0.234 e. The molecule has 2 bridgehead atoms. The Morgan fingerprint density at radius 2 is 0.889 bits per heavy atom. The molecule has 2 saturated carbocycles. The van der Waals surface area contributed by atoms with E-state index in [0.717, 1.165) is 52.4 Å². The van der Waals surface area contributed by atoms with Crippen LogP contribution in [0.25, 0.3) is 0 Å². The maximum absolute atomic E-state index is 13.6. The number of hydrogen-bond donors (Lipinski definition) is 0. The first-order valence-corrected chi connectivity index (χ1v) is 13.6. The molecule has 0 unspecified atom stereocenters. The first-order chi connectivity index (χ1) is 17.3. The van der Waals surface area contributed by atoms with Gasteiger partial charge in [0, 0.05) is 52.4 Å². The van der Waals surface area contributed by atoms with Gasteiger partial charge in [-0.1, -0.05) is 12.2 Å². The van der Waals surface area contributed by atoms with Crippen LogP contribution in [0.2, 0.25) is 0 Å². The first-order valence-electron chi connectivity index (χ1n) is 13.6. The van der Waals surface area contributed by atoms with Crippen LogP contribution >= 0.6 is 0 Å². The molecule has 194 valence electrons. The monoisotopic (exact) mass is 496 g/mol. The van der Waals surface area contributed by atoms with Gasteiger partial charge in [0.15, 0.2) is 0 Å². The van der Waals surface area contributed by atoms with Crippen LogP contribution in [0.1, 0.15) is 0 Å². The van der Waals surface area contributed by atoms with Crippen LogP contribution in [-0.4, -0.2) is 133 Å². The molecule has 0 aromatic rings. The van der Waals surface area contributed by atoms with Crippen LogP contribution in [0.15, 0.2) is 12.2 Å². The summed E-state index contributed by atoms with van der Waals surface area (Å²) in [6, 6.07) is 0. The second kappa shape index (κ2) is 8.18. The average Bonchev–Trinajstić information content (AvgIpc) is 3.22. The number of rotatable bonds is 4. The highest BCUT2D eigenvalue weighted by Crippen LogP contribution is 2.68. The van der Waals surface area contributed by atoms with Gasteiger partial charge in [0.05, 0.1) is 37.0 Å². The minimum atomic E-state index is -0.378.